The third-order valence-corrected chi connectivity index (χ3v) is 3.29. The van der Waals surface area contributed by atoms with E-state index in [1.54, 1.807) is 19.9 Å². The van der Waals surface area contributed by atoms with Gasteiger partial charge in [-0.05, 0) is 26.7 Å². The van der Waals surface area contributed by atoms with Gasteiger partial charge in [0.2, 0.25) is 5.88 Å². The second-order valence-corrected chi connectivity index (χ2v) is 5.09. The van der Waals surface area contributed by atoms with Gasteiger partial charge in [0, 0.05) is 16.7 Å². The molecule has 1 heterocycles. The maximum atomic E-state index is 11.4. The van der Waals surface area contributed by atoms with Crippen LogP contribution in [0.25, 0.3) is 6.08 Å². The van der Waals surface area contributed by atoms with Crippen molar-refractivity contribution in [3.8, 4) is 11.8 Å². The zero-order valence-corrected chi connectivity index (χ0v) is 11.7. The molecule has 0 aliphatic heterocycles. The molecule has 2 N–H and O–H groups in total. The predicted molar refractivity (Wildman–Crippen MR) is 75.5 cm³/mol. The predicted octanol–water partition coefficient (Wildman–Crippen LogP) is 2.37. The summed E-state index contributed by atoms with van der Waals surface area (Å²) in [6, 6.07) is 0. The minimum absolute atomic E-state index is 0.00618. The van der Waals surface area contributed by atoms with E-state index in [4.69, 9.17) is 4.74 Å². The molecule has 1 aromatic heterocycles. The molecule has 5 heteroatoms. The van der Waals surface area contributed by atoms with Crippen molar-refractivity contribution in [2.24, 2.45) is 0 Å². The summed E-state index contributed by atoms with van der Waals surface area (Å²) >= 11 is 0. The zero-order valence-electron chi connectivity index (χ0n) is 11.7. The van der Waals surface area contributed by atoms with Crippen LogP contribution in [0.1, 0.15) is 31.4 Å². The minimum atomic E-state index is -0.478. The molecular formula is C15H19NO4. The molecule has 1 atom stereocenters. The highest BCUT2D eigenvalue weighted by Crippen LogP contribution is 2.38. The quantitative estimate of drug-likeness (QED) is 0.654. The molecular weight excluding hydrogens is 258 g/mol. The Balaban J connectivity index is 2.18. The Labute approximate surface area is 117 Å². The average Bonchev–Trinajstić information content (AvgIpc) is 2.64. The molecule has 1 unspecified atom stereocenters. The summed E-state index contributed by atoms with van der Waals surface area (Å²) < 4.78 is 6.53. The number of hydrogen-bond acceptors (Lipinski definition) is 4. The van der Waals surface area contributed by atoms with Crippen LogP contribution in [0.3, 0.4) is 0 Å². The first-order valence-corrected chi connectivity index (χ1v) is 6.58. The number of rotatable bonds is 4. The lowest BCUT2D eigenvalue weighted by Gasteiger charge is -2.15. The van der Waals surface area contributed by atoms with Gasteiger partial charge in [0.1, 0.15) is 6.10 Å². The van der Waals surface area contributed by atoms with E-state index < -0.39 is 12.1 Å². The molecule has 2 rings (SSSR count). The zero-order chi connectivity index (χ0) is 14.9. The van der Waals surface area contributed by atoms with Gasteiger partial charge in [0.05, 0.1) is 6.54 Å². The molecule has 1 aliphatic carbocycles. The number of hydrogen-bond donors (Lipinski definition) is 2. The van der Waals surface area contributed by atoms with Gasteiger partial charge < -0.3 is 14.9 Å². The van der Waals surface area contributed by atoms with Gasteiger partial charge in [-0.15, -0.1) is 0 Å². The largest absolute Gasteiger partial charge is 0.494 e. The van der Waals surface area contributed by atoms with Crippen molar-refractivity contribution < 1.29 is 19.7 Å². The third-order valence-electron chi connectivity index (χ3n) is 3.29. The number of aromatic hydroxyl groups is 2. The molecule has 0 saturated heterocycles. The summed E-state index contributed by atoms with van der Waals surface area (Å²) in [5.74, 6) is -0.431. The molecule has 20 heavy (non-hydrogen) atoms. The fourth-order valence-corrected chi connectivity index (χ4v) is 2.27. The van der Waals surface area contributed by atoms with Crippen molar-refractivity contribution in [3.63, 3.8) is 0 Å². The first kappa shape index (κ1) is 14.2. The first-order chi connectivity index (χ1) is 9.41. The molecule has 0 amide bonds. The molecule has 0 saturated carbocycles. The summed E-state index contributed by atoms with van der Waals surface area (Å²) in [7, 11) is 0. The van der Waals surface area contributed by atoms with Crippen molar-refractivity contribution in [2.45, 2.75) is 39.3 Å². The van der Waals surface area contributed by atoms with E-state index in [2.05, 4.69) is 6.58 Å². The molecule has 0 spiro atoms. The standard InChI is InChI=1S/C15H19NO4/c1-9(2)15(19)20-10(3)8-16-13(17)11-6-4-5-7-12(11)14(16)18/h4,6,10,17-18H,1,5,7-8H2,2-3H3. The average molecular weight is 277 g/mol. The van der Waals surface area contributed by atoms with Gasteiger partial charge in [0.15, 0.2) is 5.88 Å². The van der Waals surface area contributed by atoms with Gasteiger partial charge in [-0.1, -0.05) is 18.7 Å². The Kier molecular flexibility index (Phi) is 3.88. The smallest absolute Gasteiger partial charge is 0.333 e. The van der Waals surface area contributed by atoms with Gasteiger partial charge in [-0.3, -0.25) is 4.57 Å². The number of aromatic nitrogens is 1. The van der Waals surface area contributed by atoms with Crippen LogP contribution in [0.15, 0.2) is 18.2 Å². The number of carbonyl (C=O) groups excluding carboxylic acids is 1. The van der Waals surface area contributed by atoms with Crippen molar-refractivity contribution in [2.75, 3.05) is 0 Å². The van der Waals surface area contributed by atoms with Crippen LogP contribution in [-0.4, -0.2) is 26.9 Å². The van der Waals surface area contributed by atoms with Crippen LogP contribution in [0.5, 0.6) is 11.8 Å². The lowest BCUT2D eigenvalue weighted by atomic mass is 10.0. The number of esters is 1. The molecule has 0 aromatic carbocycles. The second kappa shape index (κ2) is 5.45. The van der Waals surface area contributed by atoms with Crippen LogP contribution in [-0.2, 0) is 22.5 Å². The van der Waals surface area contributed by atoms with Gasteiger partial charge in [-0.2, -0.15) is 0 Å². The Morgan fingerprint density at radius 3 is 2.80 bits per heavy atom. The number of ether oxygens (including phenoxy) is 1. The number of fused-ring (bicyclic) bond motifs is 1. The maximum absolute atomic E-state index is 11.4. The minimum Gasteiger partial charge on any atom is -0.494 e. The van der Waals surface area contributed by atoms with Crippen LogP contribution in [0.2, 0.25) is 0 Å². The highest BCUT2D eigenvalue weighted by molar-refractivity contribution is 5.87. The molecule has 5 nitrogen and oxygen atoms in total. The summed E-state index contributed by atoms with van der Waals surface area (Å²) in [6.45, 7) is 6.98. The summed E-state index contributed by atoms with van der Waals surface area (Å²) in [4.78, 5) is 11.4. The molecule has 0 bridgehead atoms. The van der Waals surface area contributed by atoms with E-state index in [9.17, 15) is 15.0 Å². The van der Waals surface area contributed by atoms with E-state index in [1.807, 2.05) is 6.08 Å². The molecule has 1 aliphatic rings. The number of nitrogens with zero attached hydrogens (tertiary/aromatic N) is 1. The Morgan fingerprint density at radius 1 is 1.50 bits per heavy atom. The fraction of sp³-hybridized carbons (Fsp3) is 0.400. The lowest BCUT2D eigenvalue weighted by Crippen LogP contribution is -2.20. The van der Waals surface area contributed by atoms with Crippen molar-refractivity contribution in [1.82, 2.24) is 4.57 Å². The highest BCUT2D eigenvalue weighted by Gasteiger charge is 2.23. The van der Waals surface area contributed by atoms with Crippen LogP contribution >= 0.6 is 0 Å². The van der Waals surface area contributed by atoms with E-state index >= 15 is 0 Å². The Hall–Kier alpha value is -2.17. The van der Waals surface area contributed by atoms with Crippen LogP contribution in [0.4, 0.5) is 0 Å². The Bertz CT molecular complexity index is 583. The second-order valence-electron chi connectivity index (χ2n) is 5.09. The topological polar surface area (TPSA) is 71.7 Å². The van der Waals surface area contributed by atoms with Gasteiger partial charge >= 0.3 is 5.97 Å². The van der Waals surface area contributed by atoms with E-state index in [1.165, 1.54) is 4.57 Å². The number of carbonyl (C=O) groups is 1. The van der Waals surface area contributed by atoms with Gasteiger partial charge in [-0.25, -0.2) is 4.79 Å². The van der Waals surface area contributed by atoms with Crippen molar-refractivity contribution in [3.05, 3.63) is 29.4 Å². The van der Waals surface area contributed by atoms with Crippen LogP contribution in [0, 0.1) is 0 Å². The lowest BCUT2D eigenvalue weighted by molar-refractivity contribution is -0.144. The van der Waals surface area contributed by atoms with E-state index in [-0.39, 0.29) is 18.3 Å². The molecule has 108 valence electrons. The van der Waals surface area contributed by atoms with E-state index in [0.29, 0.717) is 17.6 Å². The summed E-state index contributed by atoms with van der Waals surface area (Å²) in [5, 5.41) is 20.3. The molecule has 0 fully saturated rings. The van der Waals surface area contributed by atoms with Crippen LogP contribution < -0.4 is 0 Å². The number of allylic oxidation sites excluding steroid dienone is 1. The van der Waals surface area contributed by atoms with Crippen molar-refractivity contribution in [1.29, 1.82) is 0 Å². The normalized spacial score (nSPS) is 14.7. The first-order valence-electron chi connectivity index (χ1n) is 6.58. The van der Waals surface area contributed by atoms with E-state index in [0.717, 1.165) is 12.0 Å². The summed E-state index contributed by atoms with van der Waals surface area (Å²) in [5.41, 5.74) is 1.70. The molecule has 1 aromatic rings. The maximum Gasteiger partial charge on any atom is 0.333 e. The summed E-state index contributed by atoms with van der Waals surface area (Å²) in [6.07, 6.45) is 4.81. The highest BCUT2D eigenvalue weighted by atomic mass is 16.5. The Morgan fingerprint density at radius 2 is 2.20 bits per heavy atom. The fourth-order valence-electron chi connectivity index (χ4n) is 2.27. The van der Waals surface area contributed by atoms with Crippen molar-refractivity contribution >= 4 is 12.0 Å². The third kappa shape index (κ3) is 2.57. The SMILES string of the molecule is C=C(C)C(=O)OC(C)Cn1c(O)c2c(c1O)CCC=C2. The molecule has 0 radical (unpaired) electrons. The monoisotopic (exact) mass is 277 g/mol. The van der Waals surface area contributed by atoms with Gasteiger partial charge in [0.25, 0.3) is 0 Å².